The number of nitro benzene ring substituents is 1. The number of hydrogen-bond acceptors (Lipinski definition) is 3. The molecule has 1 amide bonds. The molecule has 0 spiro atoms. The van der Waals surface area contributed by atoms with E-state index in [-0.39, 0.29) is 18.0 Å². The van der Waals surface area contributed by atoms with Crippen molar-refractivity contribution in [3.63, 3.8) is 0 Å². The monoisotopic (exact) mass is 334 g/mol. The average Bonchev–Trinajstić information content (AvgIpc) is 2.39. The van der Waals surface area contributed by atoms with E-state index in [1.54, 1.807) is 24.3 Å². The number of non-ortho nitro benzene ring substituents is 1. The second-order valence-electron chi connectivity index (χ2n) is 4.16. The second kappa shape index (κ2) is 6.29. The van der Waals surface area contributed by atoms with Crippen LogP contribution in [0.1, 0.15) is 5.56 Å². The molecule has 2 rings (SSSR count). The Morgan fingerprint density at radius 2 is 1.90 bits per heavy atom. The number of amides is 1. The number of halogens is 1. The summed E-state index contributed by atoms with van der Waals surface area (Å²) < 4.78 is 0.880. The molecule has 0 saturated carbocycles. The van der Waals surface area contributed by atoms with Crippen molar-refractivity contribution >= 4 is 33.2 Å². The third-order valence-corrected chi connectivity index (χ3v) is 3.11. The minimum Gasteiger partial charge on any atom is -0.326 e. The number of carbonyl (C=O) groups is 1. The SMILES string of the molecule is O=C(Cc1ccc([N+](=O)[O-])cc1)Nc1cccc(Br)c1. The van der Waals surface area contributed by atoms with Crippen LogP contribution in [0.2, 0.25) is 0 Å². The fourth-order valence-electron chi connectivity index (χ4n) is 1.69. The second-order valence-corrected chi connectivity index (χ2v) is 5.07. The smallest absolute Gasteiger partial charge is 0.269 e. The van der Waals surface area contributed by atoms with Crippen molar-refractivity contribution in [2.75, 3.05) is 5.32 Å². The van der Waals surface area contributed by atoms with Gasteiger partial charge >= 0.3 is 0 Å². The molecule has 0 aliphatic rings. The van der Waals surface area contributed by atoms with Gasteiger partial charge in [-0.1, -0.05) is 34.1 Å². The number of benzene rings is 2. The van der Waals surface area contributed by atoms with E-state index in [9.17, 15) is 14.9 Å². The topological polar surface area (TPSA) is 72.2 Å². The first-order chi connectivity index (χ1) is 9.54. The highest BCUT2D eigenvalue weighted by atomic mass is 79.9. The number of nitro groups is 1. The molecule has 0 atom stereocenters. The lowest BCUT2D eigenvalue weighted by molar-refractivity contribution is -0.384. The van der Waals surface area contributed by atoms with Crippen LogP contribution in [0.3, 0.4) is 0 Å². The van der Waals surface area contributed by atoms with Crippen molar-refractivity contribution < 1.29 is 9.72 Å². The molecule has 0 aromatic heterocycles. The number of nitrogens with one attached hydrogen (secondary N) is 1. The maximum Gasteiger partial charge on any atom is 0.269 e. The predicted molar refractivity (Wildman–Crippen MR) is 79.6 cm³/mol. The van der Waals surface area contributed by atoms with Crippen LogP contribution < -0.4 is 5.32 Å². The summed E-state index contributed by atoms with van der Waals surface area (Å²) in [5, 5.41) is 13.3. The molecule has 2 aromatic carbocycles. The third kappa shape index (κ3) is 3.89. The van der Waals surface area contributed by atoms with E-state index in [0.717, 1.165) is 10.0 Å². The van der Waals surface area contributed by atoms with E-state index in [0.29, 0.717) is 5.69 Å². The molecule has 0 fully saturated rings. The standard InChI is InChI=1S/C14H11BrN2O3/c15-11-2-1-3-12(9-11)16-14(18)8-10-4-6-13(7-5-10)17(19)20/h1-7,9H,8H2,(H,16,18). The number of anilines is 1. The van der Waals surface area contributed by atoms with E-state index in [2.05, 4.69) is 21.2 Å². The summed E-state index contributed by atoms with van der Waals surface area (Å²) in [6.07, 6.45) is 0.171. The molecular weight excluding hydrogens is 324 g/mol. The molecular formula is C14H11BrN2O3. The highest BCUT2D eigenvalue weighted by Crippen LogP contribution is 2.16. The lowest BCUT2D eigenvalue weighted by Gasteiger charge is -2.05. The minimum atomic E-state index is -0.467. The number of nitrogens with zero attached hydrogens (tertiary/aromatic N) is 1. The number of rotatable bonds is 4. The summed E-state index contributed by atoms with van der Waals surface area (Å²) in [7, 11) is 0. The first-order valence-electron chi connectivity index (χ1n) is 5.83. The van der Waals surface area contributed by atoms with Crippen LogP contribution in [0.25, 0.3) is 0 Å². The van der Waals surface area contributed by atoms with Gasteiger partial charge in [-0.05, 0) is 23.8 Å². The first kappa shape index (κ1) is 14.2. The van der Waals surface area contributed by atoms with E-state index in [1.165, 1.54) is 12.1 Å². The van der Waals surface area contributed by atoms with Crippen LogP contribution in [0.4, 0.5) is 11.4 Å². The van der Waals surface area contributed by atoms with E-state index in [1.807, 2.05) is 12.1 Å². The van der Waals surface area contributed by atoms with Crippen LogP contribution in [0, 0.1) is 10.1 Å². The van der Waals surface area contributed by atoms with Gasteiger partial charge in [-0.3, -0.25) is 14.9 Å². The van der Waals surface area contributed by atoms with Crippen molar-refractivity contribution in [1.29, 1.82) is 0 Å². The van der Waals surface area contributed by atoms with Gasteiger partial charge in [0, 0.05) is 22.3 Å². The van der Waals surface area contributed by atoms with Crippen LogP contribution in [0.5, 0.6) is 0 Å². The van der Waals surface area contributed by atoms with Gasteiger partial charge in [-0.15, -0.1) is 0 Å². The van der Waals surface area contributed by atoms with E-state index in [4.69, 9.17) is 0 Å². The van der Waals surface area contributed by atoms with Gasteiger partial charge in [-0.2, -0.15) is 0 Å². The van der Waals surface area contributed by atoms with Crippen molar-refractivity contribution in [2.45, 2.75) is 6.42 Å². The minimum absolute atomic E-state index is 0.0150. The van der Waals surface area contributed by atoms with Crippen LogP contribution in [-0.4, -0.2) is 10.8 Å². The Hall–Kier alpha value is -2.21. The molecule has 0 aliphatic carbocycles. The van der Waals surface area contributed by atoms with Gasteiger partial charge < -0.3 is 5.32 Å². The summed E-state index contributed by atoms with van der Waals surface area (Å²) in [5.74, 6) is -0.169. The zero-order valence-electron chi connectivity index (χ0n) is 10.4. The Labute approximate surface area is 123 Å². The zero-order valence-corrected chi connectivity index (χ0v) is 12.0. The van der Waals surface area contributed by atoms with Gasteiger partial charge in [0.2, 0.25) is 5.91 Å². The van der Waals surface area contributed by atoms with Crippen LogP contribution in [0.15, 0.2) is 53.0 Å². The summed E-state index contributed by atoms with van der Waals surface area (Å²) in [6, 6.07) is 13.2. The highest BCUT2D eigenvalue weighted by molar-refractivity contribution is 9.10. The van der Waals surface area contributed by atoms with Crippen molar-refractivity contribution in [3.05, 3.63) is 68.7 Å². The maximum absolute atomic E-state index is 11.9. The zero-order chi connectivity index (χ0) is 14.5. The lowest BCUT2D eigenvalue weighted by Crippen LogP contribution is -2.14. The fourth-order valence-corrected chi connectivity index (χ4v) is 2.09. The van der Waals surface area contributed by atoms with E-state index >= 15 is 0 Å². The lowest BCUT2D eigenvalue weighted by atomic mass is 10.1. The maximum atomic E-state index is 11.9. The van der Waals surface area contributed by atoms with Gasteiger partial charge in [-0.25, -0.2) is 0 Å². The molecule has 102 valence electrons. The van der Waals surface area contributed by atoms with Crippen LogP contribution >= 0.6 is 15.9 Å². The molecule has 5 nitrogen and oxygen atoms in total. The predicted octanol–water partition coefficient (Wildman–Crippen LogP) is 3.54. The molecule has 0 saturated heterocycles. The number of hydrogen-bond donors (Lipinski definition) is 1. The third-order valence-electron chi connectivity index (χ3n) is 2.62. The van der Waals surface area contributed by atoms with Crippen molar-refractivity contribution in [1.82, 2.24) is 0 Å². The molecule has 1 N–H and O–H groups in total. The van der Waals surface area contributed by atoms with Gasteiger partial charge in [0.05, 0.1) is 11.3 Å². The summed E-state index contributed by atoms with van der Waals surface area (Å²) in [4.78, 5) is 21.9. The fraction of sp³-hybridized carbons (Fsp3) is 0.0714. The number of carbonyl (C=O) groups excluding carboxylic acids is 1. The van der Waals surface area contributed by atoms with Gasteiger partial charge in [0.15, 0.2) is 0 Å². The Kier molecular flexibility index (Phi) is 4.47. The molecule has 20 heavy (non-hydrogen) atoms. The molecule has 0 bridgehead atoms. The summed E-state index contributed by atoms with van der Waals surface area (Å²) >= 11 is 3.33. The Morgan fingerprint density at radius 1 is 1.20 bits per heavy atom. The van der Waals surface area contributed by atoms with Crippen LogP contribution in [-0.2, 0) is 11.2 Å². The Balaban J connectivity index is 1.99. The van der Waals surface area contributed by atoms with Gasteiger partial charge in [0.1, 0.15) is 0 Å². The Bertz CT molecular complexity index is 641. The molecule has 6 heteroatoms. The van der Waals surface area contributed by atoms with E-state index < -0.39 is 4.92 Å². The molecule has 0 radical (unpaired) electrons. The molecule has 2 aromatic rings. The largest absolute Gasteiger partial charge is 0.326 e. The molecule has 0 aliphatic heterocycles. The quantitative estimate of drug-likeness (QED) is 0.686. The van der Waals surface area contributed by atoms with Crippen molar-refractivity contribution in [2.24, 2.45) is 0 Å². The molecule has 0 unspecified atom stereocenters. The highest BCUT2D eigenvalue weighted by Gasteiger charge is 2.07. The summed E-state index contributed by atoms with van der Waals surface area (Å²) in [5.41, 5.74) is 1.44. The van der Waals surface area contributed by atoms with Gasteiger partial charge in [0.25, 0.3) is 5.69 Å². The Morgan fingerprint density at radius 3 is 2.50 bits per heavy atom. The normalized spacial score (nSPS) is 10.1. The first-order valence-corrected chi connectivity index (χ1v) is 6.62. The molecule has 0 heterocycles. The average molecular weight is 335 g/mol. The summed E-state index contributed by atoms with van der Waals surface area (Å²) in [6.45, 7) is 0. The van der Waals surface area contributed by atoms with Crippen molar-refractivity contribution in [3.8, 4) is 0 Å².